The molecule has 1 rings (SSSR count). The normalized spacial score (nSPS) is 22.8. The average molecular weight is 239 g/mol. The van der Waals surface area contributed by atoms with Gasteiger partial charge in [0.1, 0.15) is 5.78 Å². The molecule has 0 aromatic heterocycles. The summed E-state index contributed by atoms with van der Waals surface area (Å²) >= 11 is 0. The first-order valence-electron chi connectivity index (χ1n) is 6.25. The smallest absolute Gasteiger partial charge is 0.331 e. The Bertz CT molecular complexity index is 323. The molecule has 17 heavy (non-hydrogen) atoms. The Morgan fingerprint density at radius 1 is 1.53 bits per heavy atom. The lowest BCUT2D eigenvalue weighted by atomic mass is 9.94. The highest BCUT2D eigenvalue weighted by Gasteiger charge is 2.24. The van der Waals surface area contributed by atoms with Crippen molar-refractivity contribution >= 4 is 11.8 Å². The molecule has 1 atom stereocenters. The van der Waals surface area contributed by atoms with E-state index >= 15 is 0 Å². The second kappa shape index (κ2) is 6.55. The number of ketones is 1. The third-order valence-corrected chi connectivity index (χ3v) is 3.35. The minimum Gasteiger partial charge on any atom is -0.478 e. The quantitative estimate of drug-likeness (QED) is 0.742. The zero-order valence-electron chi connectivity index (χ0n) is 10.6. The van der Waals surface area contributed by atoms with Crippen molar-refractivity contribution in [2.45, 2.75) is 33.1 Å². The molecule has 1 unspecified atom stereocenters. The van der Waals surface area contributed by atoms with Gasteiger partial charge in [-0.15, -0.1) is 0 Å². The number of carbonyl (C=O) groups is 2. The highest BCUT2D eigenvalue weighted by Crippen LogP contribution is 2.16. The van der Waals surface area contributed by atoms with Crippen LogP contribution in [0.1, 0.15) is 33.1 Å². The van der Waals surface area contributed by atoms with Gasteiger partial charge in [0.25, 0.3) is 0 Å². The van der Waals surface area contributed by atoms with Gasteiger partial charge in [0, 0.05) is 37.5 Å². The van der Waals surface area contributed by atoms with Gasteiger partial charge in [0.15, 0.2) is 0 Å². The van der Waals surface area contributed by atoms with E-state index in [-0.39, 0.29) is 5.92 Å². The number of Topliss-reactive ketones (excluding diaryl/α,β-unsaturated/α-hetero) is 1. The van der Waals surface area contributed by atoms with Crippen LogP contribution in [0.25, 0.3) is 0 Å². The average Bonchev–Trinajstić information content (AvgIpc) is 2.31. The van der Waals surface area contributed by atoms with Crippen molar-refractivity contribution in [3.05, 3.63) is 11.6 Å². The molecule has 1 aliphatic rings. The first-order valence-corrected chi connectivity index (χ1v) is 6.25. The van der Waals surface area contributed by atoms with Crippen LogP contribution in [0, 0.1) is 5.92 Å². The van der Waals surface area contributed by atoms with Gasteiger partial charge >= 0.3 is 5.97 Å². The Morgan fingerprint density at radius 2 is 2.24 bits per heavy atom. The maximum absolute atomic E-state index is 11.5. The molecule has 0 aromatic carbocycles. The second-order valence-corrected chi connectivity index (χ2v) is 4.47. The monoisotopic (exact) mass is 239 g/mol. The topological polar surface area (TPSA) is 57.6 Å². The van der Waals surface area contributed by atoms with E-state index in [0.717, 1.165) is 19.5 Å². The van der Waals surface area contributed by atoms with E-state index in [0.29, 0.717) is 30.7 Å². The Morgan fingerprint density at radius 3 is 2.76 bits per heavy atom. The van der Waals surface area contributed by atoms with Crippen LogP contribution in [-0.4, -0.2) is 41.4 Å². The zero-order chi connectivity index (χ0) is 12.8. The van der Waals surface area contributed by atoms with Crippen molar-refractivity contribution in [1.29, 1.82) is 0 Å². The maximum Gasteiger partial charge on any atom is 0.331 e. The second-order valence-electron chi connectivity index (χ2n) is 4.47. The molecule has 0 aromatic rings. The van der Waals surface area contributed by atoms with Gasteiger partial charge in [-0.2, -0.15) is 0 Å². The van der Waals surface area contributed by atoms with Crippen LogP contribution >= 0.6 is 0 Å². The van der Waals surface area contributed by atoms with Crippen LogP contribution in [0.4, 0.5) is 0 Å². The van der Waals surface area contributed by atoms with Gasteiger partial charge in [0.2, 0.25) is 0 Å². The Kier molecular flexibility index (Phi) is 5.35. The van der Waals surface area contributed by atoms with Gasteiger partial charge in [-0.1, -0.05) is 19.9 Å². The number of carbonyl (C=O) groups excluding carboxylic acids is 1. The van der Waals surface area contributed by atoms with E-state index in [4.69, 9.17) is 5.11 Å². The molecule has 4 heteroatoms. The summed E-state index contributed by atoms with van der Waals surface area (Å²) in [5.74, 6) is -0.360. The van der Waals surface area contributed by atoms with Gasteiger partial charge < -0.3 is 5.11 Å². The molecule has 0 aliphatic carbocycles. The molecule has 1 heterocycles. The maximum atomic E-state index is 11.5. The third-order valence-electron chi connectivity index (χ3n) is 3.35. The summed E-state index contributed by atoms with van der Waals surface area (Å²) in [6.07, 6.45) is 3.78. The van der Waals surface area contributed by atoms with E-state index in [9.17, 15) is 9.59 Å². The molecule has 1 N–H and O–H groups in total. The van der Waals surface area contributed by atoms with Crippen LogP contribution < -0.4 is 0 Å². The summed E-state index contributed by atoms with van der Waals surface area (Å²) in [7, 11) is 0. The van der Waals surface area contributed by atoms with E-state index in [2.05, 4.69) is 4.90 Å². The standard InChI is InChI=1S/C13H21NO3/c1-3-10(13(16)17)5-7-14-8-6-12(15)11(4-2)9-14/h5,11H,3-4,6-9H2,1-2H3,(H,16,17)/b10-5-. The van der Waals surface area contributed by atoms with E-state index in [1.54, 1.807) is 6.08 Å². The Balaban J connectivity index is 2.53. The molecule has 1 saturated heterocycles. The lowest BCUT2D eigenvalue weighted by molar-refractivity contribution is -0.133. The molecular weight excluding hydrogens is 218 g/mol. The number of aliphatic carboxylic acids is 1. The Hall–Kier alpha value is -1.16. The number of carboxylic acids is 1. The minimum atomic E-state index is -0.840. The summed E-state index contributed by atoms with van der Waals surface area (Å²) in [6.45, 7) is 6.02. The summed E-state index contributed by atoms with van der Waals surface area (Å²) in [5, 5.41) is 8.90. The van der Waals surface area contributed by atoms with Gasteiger partial charge in [-0.05, 0) is 12.8 Å². The number of hydrogen-bond donors (Lipinski definition) is 1. The summed E-state index contributed by atoms with van der Waals surface area (Å²) < 4.78 is 0. The molecule has 0 saturated carbocycles. The van der Waals surface area contributed by atoms with Crippen molar-refractivity contribution in [3.63, 3.8) is 0 Å². The van der Waals surface area contributed by atoms with Crippen molar-refractivity contribution in [3.8, 4) is 0 Å². The van der Waals surface area contributed by atoms with E-state index in [1.165, 1.54) is 0 Å². The Labute approximate surface area is 102 Å². The van der Waals surface area contributed by atoms with Gasteiger partial charge in [-0.3, -0.25) is 9.69 Å². The van der Waals surface area contributed by atoms with Crippen molar-refractivity contribution in [2.24, 2.45) is 5.92 Å². The SMILES string of the molecule is CC/C(=C/CN1CCC(=O)C(CC)C1)C(=O)O. The first-order chi connectivity index (χ1) is 8.08. The molecule has 96 valence electrons. The van der Waals surface area contributed by atoms with Crippen LogP contribution in [0.2, 0.25) is 0 Å². The predicted molar refractivity (Wildman–Crippen MR) is 65.9 cm³/mol. The van der Waals surface area contributed by atoms with Crippen LogP contribution in [0.5, 0.6) is 0 Å². The molecule has 1 aliphatic heterocycles. The third kappa shape index (κ3) is 3.97. The van der Waals surface area contributed by atoms with Gasteiger partial charge in [0.05, 0.1) is 0 Å². The molecule has 4 nitrogen and oxygen atoms in total. The van der Waals surface area contributed by atoms with E-state index < -0.39 is 5.97 Å². The highest BCUT2D eigenvalue weighted by atomic mass is 16.4. The molecule has 0 radical (unpaired) electrons. The predicted octanol–water partition coefficient (Wildman–Crippen LogP) is 1.71. The molecule has 1 fully saturated rings. The molecular formula is C13H21NO3. The number of carboxylic acid groups (broad SMARTS) is 1. The number of piperidine rings is 1. The largest absolute Gasteiger partial charge is 0.478 e. The van der Waals surface area contributed by atoms with Crippen molar-refractivity contribution < 1.29 is 14.7 Å². The minimum absolute atomic E-state index is 0.132. The first kappa shape index (κ1) is 13.9. The highest BCUT2D eigenvalue weighted by molar-refractivity contribution is 5.86. The van der Waals surface area contributed by atoms with Crippen molar-refractivity contribution in [2.75, 3.05) is 19.6 Å². The van der Waals surface area contributed by atoms with Crippen LogP contribution in [0.3, 0.4) is 0 Å². The summed E-state index contributed by atoms with van der Waals surface area (Å²) in [6, 6.07) is 0. The molecule has 0 amide bonds. The van der Waals surface area contributed by atoms with E-state index in [1.807, 2.05) is 13.8 Å². The molecule has 0 spiro atoms. The fourth-order valence-electron chi connectivity index (χ4n) is 2.12. The van der Waals surface area contributed by atoms with Gasteiger partial charge in [-0.25, -0.2) is 4.79 Å². The fourth-order valence-corrected chi connectivity index (χ4v) is 2.12. The lowest BCUT2D eigenvalue weighted by Gasteiger charge is -2.30. The van der Waals surface area contributed by atoms with Crippen LogP contribution in [0.15, 0.2) is 11.6 Å². The molecule has 0 bridgehead atoms. The fraction of sp³-hybridized carbons (Fsp3) is 0.692. The van der Waals surface area contributed by atoms with Crippen LogP contribution in [-0.2, 0) is 9.59 Å². The lowest BCUT2D eigenvalue weighted by Crippen LogP contribution is -2.40. The zero-order valence-corrected chi connectivity index (χ0v) is 10.6. The number of nitrogens with zero attached hydrogens (tertiary/aromatic N) is 1. The summed E-state index contributed by atoms with van der Waals surface area (Å²) in [5.41, 5.74) is 0.454. The number of rotatable bonds is 5. The number of hydrogen-bond acceptors (Lipinski definition) is 3. The number of likely N-dealkylation sites (tertiary alicyclic amines) is 1. The summed E-state index contributed by atoms with van der Waals surface area (Å²) in [4.78, 5) is 24.5. The van der Waals surface area contributed by atoms with Crippen molar-refractivity contribution in [1.82, 2.24) is 4.90 Å².